The third kappa shape index (κ3) is 5.49. The van der Waals surface area contributed by atoms with E-state index in [1.165, 1.54) is 36.4 Å². The van der Waals surface area contributed by atoms with E-state index >= 15 is 0 Å². The number of carbonyl (C=O) groups is 1. The Balaban J connectivity index is 1.86. The van der Waals surface area contributed by atoms with Crippen LogP contribution in [0.15, 0.2) is 48.5 Å². The van der Waals surface area contributed by atoms with Gasteiger partial charge in [0, 0.05) is 23.9 Å². The highest BCUT2D eigenvalue weighted by molar-refractivity contribution is 5.86. The van der Waals surface area contributed by atoms with Crippen LogP contribution in [0, 0.1) is 10.1 Å². The zero-order valence-electron chi connectivity index (χ0n) is 16.1. The highest BCUT2D eigenvalue weighted by Crippen LogP contribution is 2.32. The van der Waals surface area contributed by atoms with Gasteiger partial charge in [-0.15, -0.1) is 0 Å². The maximum Gasteiger partial charge on any atom is 0.416 e. The van der Waals surface area contributed by atoms with Crippen molar-refractivity contribution >= 4 is 17.3 Å². The molecule has 0 aromatic heterocycles. The molecule has 0 saturated heterocycles. The first kappa shape index (κ1) is 21.6. The van der Waals surface area contributed by atoms with Gasteiger partial charge in [0.2, 0.25) is 5.91 Å². The third-order valence-electron chi connectivity index (χ3n) is 5.15. The lowest BCUT2D eigenvalue weighted by Gasteiger charge is -2.27. The average molecular weight is 421 g/mol. The molecule has 0 radical (unpaired) electrons. The van der Waals surface area contributed by atoms with Crippen molar-refractivity contribution in [3.63, 3.8) is 0 Å². The maximum atomic E-state index is 13.0. The number of hydrogen-bond acceptors (Lipinski definition) is 4. The largest absolute Gasteiger partial charge is 0.416 e. The Bertz CT molecular complexity index is 894. The number of halogens is 3. The van der Waals surface area contributed by atoms with Crippen molar-refractivity contribution in [2.24, 2.45) is 0 Å². The Kier molecular flexibility index (Phi) is 6.59. The molecule has 6 nitrogen and oxygen atoms in total. The van der Waals surface area contributed by atoms with Crippen molar-refractivity contribution in [3.8, 4) is 0 Å². The number of rotatable bonds is 6. The van der Waals surface area contributed by atoms with Crippen molar-refractivity contribution in [3.05, 3.63) is 69.8 Å². The molecular weight excluding hydrogens is 399 g/mol. The number of hydrogen-bond donors (Lipinski definition) is 2. The summed E-state index contributed by atoms with van der Waals surface area (Å²) in [6.45, 7) is 0. The molecule has 1 amide bonds. The van der Waals surface area contributed by atoms with Crippen LogP contribution in [0.2, 0.25) is 0 Å². The van der Waals surface area contributed by atoms with Gasteiger partial charge < -0.3 is 10.6 Å². The number of alkyl halides is 3. The minimum Gasteiger partial charge on any atom is -0.370 e. The van der Waals surface area contributed by atoms with Gasteiger partial charge in [-0.3, -0.25) is 14.9 Å². The van der Waals surface area contributed by atoms with Gasteiger partial charge in [0.25, 0.3) is 5.69 Å². The molecule has 1 aliphatic carbocycles. The molecule has 0 bridgehead atoms. The molecule has 9 heteroatoms. The fourth-order valence-electron chi connectivity index (χ4n) is 3.57. The van der Waals surface area contributed by atoms with Crippen LogP contribution in [0.25, 0.3) is 0 Å². The number of nitro benzene ring substituents is 1. The van der Waals surface area contributed by atoms with E-state index in [1.54, 1.807) is 0 Å². The van der Waals surface area contributed by atoms with Gasteiger partial charge >= 0.3 is 6.18 Å². The molecule has 1 aliphatic rings. The van der Waals surface area contributed by atoms with Gasteiger partial charge in [0.1, 0.15) is 6.04 Å². The zero-order valence-corrected chi connectivity index (χ0v) is 16.1. The van der Waals surface area contributed by atoms with Gasteiger partial charge in [-0.05, 0) is 48.7 Å². The minimum atomic E-state index is -4.51. The first-order chi connectivity index (χ1) is 14.2. The van der Waals surface area contributed by atoms with Crippen LogP contribution in [-0.4, -0.2) is 16.9 Å². The van der Waals surface area contributed by atoms with E-state index in [4.69, 9.17) is 0 Å². The molecule has 2 N–H and O–H groups in total. The molecule has 1 atom stereocenters. The molecule has 3 rings (SSSR count). The minimum absolute atomic E-state index is 0.00936. The van der Waals surface area contributed by atoms with Crippen LogP contribution in [0.4, 0.5) is 24.5 Å². The standard InChI is InChI=1S/C21H22F3N3O3/c22-21(23,24)15-5-4-8-17(13-15)25-19(14-9-11-18(12-10-14)27(29)30)20(28)26-16-6-2-1-3-7-16/h4-5,8-13,16,19,25H,1-3,6-7H2,(H,26,28). The topological polar surface area (TPSA) is 84.3 Å². The van der Waals surface area contributed by atoms with E-state index in [9.17, 15) is 28.1 Å². The van der Waals surface area contributed by atoms with Gasteiger partial charge in [-0.1, -0.05) is 25.3 Å². The van der Waals surface area contributed by atoms with E-state index < -0.39 is 22.7 Å². The van der Waals surface area contributed by atoms with Crippen LogP contribution in [0.5, 0.6) is 0 Å². The summed E-state index contributed by atoms with van der Waals surface area (Å²) in [5.74, 6) is -0.381. The highest BCUT2D eigenvalue weighted by atomic mass is 19.4. The summed E-state index contributed by atoms with van der Waals surface area (Å²) >= 11 is 0. The molecule has 1 fully saturated rings. The van der Waals surface area contributed by atoms with E-state index in [0.717, 1.165) is 44.2 Å². The van der Waals surface area contributed by atoms with E-state index in [1.807, 2.05) is 0 Å². The van der Waals surface area contributed by atoms with Crippen LogP contribution >= 0.6 is 0 Å². The number of nitro groups is 1. The summed E-state index contributed by atoms with van der Waals surface area (Å²) in [6, 6.07) is 9.02. The fourth-order valence-corrected chi connectivity index (χ4v) is 3.57. The van der Waals surface area contributed by atoms with Gasteiger partial charge in [0.15, 0.2) is 0 Å². The van der Waals surface area contributed by atoms with E-state index in [2.05, 4.69) is 10.6 Å². The molecule has 30 heavy (non-hydrogen) atoms. The van der Waals surface area contributed by atoms with E-state index in [0.29, 0.717) is 5.56 Å². The second-order valence-electron chi connectivity index (χ2n) is 7.35. The molecule has 1 unspecified atom stereocenters. The van der Waals surface area contributed by atoms with Crippen molar-refractivity contribution < 1.29 is 22.9 Å². The van der Waals surface area contributed by atoms with Crippen molar-refractivity contribution in [1.29, 1.82) is 0 Å². The lowest BCUT2D eigenvalue weighted by Crippen LogP contribution is -2.41. The SMILES string of the molecule is O=C(NC1CCCCC1)C(Nc1cccc(C(F)(F)F)c1)c1ccc([N+](=O)[O-])cc1. The highest BCUT2D eigenvalue weighted by Gasteiger charge is 2.31. The summed E-state index contributed by atoms with van der Waals surface area (Å²) in [7, 11) is 0. The number of amides is 1. The van der Waals surface area contributed by atoms with Crippen molar-refractivity contribution in [2.45, 2.75) is 50.4 Å². The normalized spacial score (nSPS) is 16.0. The summed E-state index contributed by atoms with van der Waals surface area (Å²) in [4.78, 5) is 23.3. The molecule has 160 valence electrons. The quantitative estimate of drug-likeness (QED) is 0.495. The smallest absolute Gasteiger partial charge is 0.370 e. The van der Waals surface area contributed by atoms with Crippen LogP contribution in [-0.2, 0) is 11.0 Å². The second-order valence-corrected chi connectivity index (χ2v) is 7.35. The Morgan fingerprint density at radius 3 is 2.33 bits per heavy atom. The summed E-state index contributed by atoms with van der Waals surface area (Å²) in [5, 5.41) is 16.7. The summed E-state index contributed by atoms with van der Waals surface area (Å²) < 4.78 is 39.1. The Morgan fingerprint density at radius 1 is 1.07 bits per heavy atom. The van der Waals surface area contributed by atoms with Crippen LogP contribution in [0.3, 0.4) is 0 Å². The Labute approximate surface area is 171 Å². The molecule has 0 heterocycles. The van der Waals surface area contributed by atoms with Gasteiger partial charge in [-0.2, -0.15) is 13.2 Å². The second kappa shape index (κ2) is 9.15. The summed E-state index contributed by atoms with van der Waals surface area (Å²) in [6.07, 6.45) is 0.318. The van der Waals surface area contributed by atoms with Gasteiger partial charge in [-0.25, -0.2) is 0 Å². The van der Waals surface area contributed by atoms with Crippen LogP contribution < -0.4 is 10.6 Å². The maximum absolute atomic E-state index is 13.0. The number of nitrogens with zero attached hydrogens (tertiary/aromatic N) is 1. The van der Waals surface area contributed by atoms with E-state index in [-0.39, 0.29) is 23.3 Å². The number of carbonyl (C=O) groups excluding carboxylic acids is 1. The molecule has 0 spiro atoms. The number of benzene rings is 2. The monoisotopic (exact) mass is 421 g/mol. The van der Waals surface area contributed by atoms with Crippen molar-refractivity contribution in [2.75, 3.05) is 5.32 Å². The molecule has 2 aromatic carbocycles. The lowest BCUT2D eigenvalue weighted by molar-refractivity contribution is -0.384. The van der Waals surface area contributed by atoms with Crippen molar-refractivity contribution in [1.82, 2.24) is 5.32 Å². The third-order valence-corrected chi connectivity index (χ3v) is 5.15. The van der Waals surface area contributed by atoms with Gasteiger partial charge in [0.05, 0.1) is 10.5 Å². The predicted molar refractivity (Wildman–Crippen MR) is 106 cm³/mol. The molecule has 1 saturated carbocycles. The number of non-ortho nitro benzene ring substituents is 1. The summed E-state index contributed by atoms with van der Waals surface area (Å²) in [5.41, 5.74) is -0.412. The first-order valence-electron chi connectivity index (χ1n) is 9.72. The Hall–Kier alpha value is -3.10. The average Bonchev–Trinajstić information content (AvgIpc) is 2.72. The number of nitrogens with one attached hydrogen (secondary N) is 2. The molecule has 2 aromatic rings. The number of anilines is 1. The fraction of sp³-hybridized carbons (Fsp3) is 0.381. The predicted octanol–water partition coefficient (Wildman–Crippen LogP) is 5.22. The first-order valence-corrected chi connectivity index (χ1v) is 9.72. The lowest BCUT2D eigenvalue weighted by atomic mass is 9.95. The molecular formula is C21H22F3N3O3. The Morgan fingerprint density at radius 2 is 1.73 bits per heavy atom. The molecule has 0 aliphatic heterocycles. The van der Waals surface area contributed by atoms with Crippen LogP contribution in [0.1, 0.15) is 49.3 Å². The zero-order chi connectivity index (χ0) is 21.7.